The highest BCUT2D eigenvalue weighted by Crippen LogP contribution is 2.31. The van der Waals surface area contributed by atoms with Crippen LogP contribution in [0.15, 0.2) is 31.1 Å². The van der Waals surface area contributed by atoms with Gasteiger partial charge in [0.1, 0.15) is 6.33 Å². The third kappa shape index (κ3) is 3.08. The summed E-state index contributed by atoms with van der Waals surface area (Å²) in [5.41, 5.74) is 2.95. The zero-order valence-corrected chi connectivity index (χ0v) is 12.6. The summed E-state index contributed by atoms with van der Waals surface area (Å²) in [4.78, 5) is 19.9. The van der Waals surface area contributed by atoms with E-state index in [4.69, 9.17) is 0 Å². The van der Waals surface area contributed by atoms with Gasteiger partial charge in [0.15, 0.2) is 0 Å². The summed E-state index contributed by atoms with van der Waals surface area (Å²) in [7, 11) is 0. The van der Waals surface area contributed by atoms with Crippen molar-refractivity contribution < 1.29 is 0 Å². The average Bonchev–Trinajstić information content (AvgIpc) is 2.56. The second-order valence-corrected chi connectivity index (χ2v) is 5.85. The number of piperidine rings is 1. The van der Waals surface area contributed by atoms with Gasteiger partial charge in [0.2, 0.25) is 0 Å². The maximum atomic E-state index is 4.63. The summed E-state index contributed by atoms with van der Waals surface area (Å²) in [5, 5.41) is 0. The van der Waals surface area contributed by atoms with Crippen LogP contribution >= 0.6 is 0 Å². The van der Waals surface area contributed by atoms with Crippen LogP contribution in [0.2, 0.25) is 0 Å². The molecule has 1 aliphatic heterocycles. The largest absolute Gasteiger partial charge is 0.300 e. The molecule has 0 radical (unpaired) electrons. The van der Waals surface area contributed by atoms with Gasteiger partial charge < -0.3 is 4.90 Å². The molecule has 0 amide bonds. The third-order valence-corrected chi connectivity index (χ3v) is 4.13. The molecule has 0 aromatic carbocycles. The van der Waals surface area contributed by atoms with Crippen molar-refractivity contribution >= 4 is 0 Å². The Balaban J connectivity index is 1.92. The van der Waals surface area contributed by atoms with Gasteiger partial charge in [-0.2, -0.15) is 0 Å². The predicted molar refractivity (Wildman–Crippen MR) is 81.7 cm³/mol. The molecule has 3 rings (SSSR count). The fourth-order valence-electron chi connectivity index (χ4n) is 2.99. The Morgan fingerprint density at radius 1 is 1.14 bits per heavy atom. The first-order valence-corrected chi connectivity index (χ1v) is 7.56. The van der Waals surface area contributed by atoms with Crippen LogP contribution in [0.25, 0.3) is 11.3 Å². The molecule has 1 saturated heterocycles. The Labute approximate surface area is 125 Å². The molecule has 5 nitrogen and oxygen atoms in total. The fourth-order valence-corrected chi connectivity index (χ4v) is 2.99. The van der Waals surface area contributed by atoms with E-state index in [1.807, 2.05) is 12.4 Å². The number of likely N-dealkylation sites (tertiary alicyclic amines) is 1. The second kappa shape index (κ2) is 6.26. The van der Waals surface area contributed by atoms with Gasteiger partial charge in [0, 0.05) is 48.9 Å². The number of rotatable bonds is 3. The number of aromatic nitrogens is 4. The zero-order chi connectivity index (χ0) is 14.7. The van der Waals surface area contributed by atoms with E-state index in [0.717, 1.165) is 23.5 Å². The van der Waals surface area contributed by atoms with Crippen LogP contribution in [0, 0.1) is 0 Å². The van der Waals surface area contributed by atoms with Crippen molar-refractivity contribution in [1.29, 1.82) is 0 Å². The van der Waals surface area contributed by atoms with Crippen molar-refractivity contribution in [3.63, 3.8) is 0 Å². The van der Waals surface area contributed by atoms with Crippen LogP contribution < -0.4 is 0 Å². The van der Waals surface area contributed by atoms with Gasteiger partial charge >= 0.3 is 0 Å². The molecule has 21 heavy (non-hydrogen) atoms. The molecule has 2 aromatic rings. The Morgan fingerprint density at radius 2 is 1.90 bits per heavy atom. The van der Waals surface area contributed by atoms with E-state index < -0.39 is 0 Å². The topological polar surface area (TPSA) is 54.8 Å². The van der Waals surface area contributed by atoms with Gasteiger partial charge in [0.05, 0.1) is 11.4 Å². The van der Waals surface area contributed by atoms with E-state index in [0.29, 0.717) is 12.0 Å². The molecule has 0 N–H and O–H groups in total. The number of hydrogen-bond donors (Lipinski definition) is 0. The lowest BCUT2D eigenvalue weighted by atomic mass is 9.91. The predicted octanol–water partition coefficient (Wildman–Crippen LogP) is 2.52. The quantitative estimate of drug-likeness (QED) is 0.866. The van der Waals surface area contributed by atoms with E-state index in [1.54, 1.807) is 18.7 Å². The van der Waals surface area contributed by atoms with Crippen molar-refractivity contribution in [2.45, 2.75) is 38.6 Å². The van der Waals surface area contributed by atoms with Crippen LogP contribution in [0.5, 0.6) is 0 Å². The molecule has 0 spiro atoms. The van der Waals surface area contributed by atoms with Gasteiger partial charge in [-0.15, -0.1) is 0 Å². The summed E-state index contributed by atoms with van der Waals surface area (Å²) in [6.45, 7) is 6.74. The molecular formula is C16H21N5. The molecule has 0 unspecified atom stereocenters. The monoisotopic (exact) mass is 283 g/mol. The van der Waals surface area contributed by atoms with Crippen LogP contribution in [0.4, 0.5) is 0 Å². The summed E-state index contributed by atoms with van der Waals surface area (Å²) < 4.78 is 0. The molecule has 1 fully saturated rings. The van der Waals surface area contributed by atoms with E-state index in [-0.39, 0.29) is 0 Å². The Bertz CT molecular complexity index is 584. The highest BCUT2D eigenvalue weighted by Gasteiger charge is 2.26. The molecule has 0 aliphatic carbocycles. The van der Waals surface area contributed by atoms with Gasteiger partial charge in [-0.25, -0.2) is 9.97 Å². The Kier molecular flexibility index (Phi) is 4.20. The van der Waals surface area contributed by atoms with Crippen molar-refractivity contribution in [2.24, 2.45) is 0 Å². The lowest BCUT2D eigenvalue weighted by Gasteiger charge is -2.35. The molecule has 0 bridgehead atoms. The summed E-state index contributed by atoms with van der Waals surface area (Å²) in [6.07, 6.45) is 11.1. The third-order valence-electron chi connectivity index (χ3n) is 4.13. The van der Waals surface area contributed by atoms with Crippen molar-refractivity contribution in [1.82, 2.24) is 24.8 Å². The standard InChI is InChI=1S/C16H21N5/c1-12(2)21-7-3-4-13(10-21)15-16(20-6-5-19-15)14-8-17-11-18-9-14/h5-6,8-9,11-13H,3-4,7,10H2,1-2H3/t13-/m0/s1. The van der Waals surface area contributed by atoms with E-state index in [9.17, 15) is 0 Å². The molecule has 110 valence electrons. The lowest BCUT2D eigenvalue weighted by molar-refractivity contribution is 0.166. The normalized spacial score (nSPS) is 19.9. The lowest BCUT2D eigenvalue weighted by Crippen LogP contribution is -2.39. The molecule has 0 saturated carbocycles. The SMILES string of the molecule is CC(C)N1CCC[C@H](c2nccnc2-c2cncnc2)C1. The van der Waals surface area contributed by atoms with Crippen LogP contribution in [-0.4, -0.2) is 44.0 Å². The molecule has 1 atom stereocenters. The smallest absolute Gasteiger partial charge is 0.115 e. The fraction of sp³-hybridized carbons (Fsp3) is 0.500. The Morgan fingerprint density at radius 3 is 2.67 bits per heavy atom. The zero-order valence-electron chi connectivity index (χ0n) is 12.6. The molecule has 3 heterocycles. The average molecular weight is 283 g/mol. The van der Waals surface area contributed by atoms with Crippen molar-refractivity contribution in [3.05, 3.63) is 36.8 Å². The molecule has 1 aliphatic rings. The van der Waals surface area contributed by atoms with Crippen molar-refractivity contribution in [2.75, 3.05) is 13.1 Å². The first kappa shape index (κ1) is 14.1. The maximum Gasteiger partial charge on any atom is 0.115 e. The van der Waals surface area contributed by atoms with Gasteiger partial charge in [-0.1, -0.05) is 0 Å². The van der Waals surface area contributed by atoms with Crippen molar-refractivity contribution in [3.8, 4) is 11.3 Å². The summed E-state index contributed by atoms with van der Waals surface area (Å²) >= 11 is 0. The van der Waals surface area contributed by atoms with E-state index >= 15 is 0 Å². The number of nitrogens with zero attached hydrogens (tertiary/aromatic N) is 5. The maximum absolute atomic E-state index is 4.63. The minimum atomic E-state index is 0.435. The molecule has 5 heteroatoms. The summed E-state index contributed by atoms with van der Waals surface area (Å²) in [5.74, 6) is 0.435. The highest BCUT2D eigenvalue weighted by molar-refractivity contribution is 5.59. The van der Waals surface area contributed by atoms with Gasteiger partial charge in [-0.3, -0.25) is 9.97 Å². The molecular weight excluding hydrogens is 262 g/mol. The van der Waals surface area contributed by atoms with Gasteiger partial charge in [-0.05, 0) is 33.2 Å². The highest BCUT2D eigenvalue weighted by atomic mass is 15.2. The minimum absolute atomic E-state index is 0.435. The minimum Gasteiger partial charge on any atom is -0.300 e. The molecule has 2 aromatic heterocycles. The number of hydrogen-bond acceptors (Lipinski definition) is 5. The summed E-state index contributed by atoms with van der Waals surface area (Å²) in [6, 6.07) is 0.577. The van der Waals surface area contributed by atoms with Crippen LogP contribution in [0.3, 0.4) is 0 Å². The second-order valence-electron chi connectivity index (χ2n) is 5.85. The first-order chi connectivity index (χ1) is 10.3. The van der Waals surface area contributed by atoms with Crippen LogP contribution in [-0.2, 0) is 0 Å². The van der Waals surface area contributed by atoms with Gasteiger partial charge in [0.25, 0.3) is 0 Å². The van der Waals surface area contributed by atoms with E-state index in [2.05, 4.69) is 38.7 Å². The van der Waals surface area contributed by atoms with E-state index in [1.165, 1.54) is 19.4 Å². The van der Waals surface area contributed by atoms with Crippen LogP contribution in [0.1, 0.15) is 38.3 Å². The first-order valence-electron chi connectivity index (χ1n) is 7.56. The Hall–Kier alpha value is -1.88.